The number of carbonyl (C=O) groups is 1. The molecule has 0 bridgehead atoms. The van der Waals surface area contributed by atoms with Crippen molar-refractivity contribution in [3.8, 4) is 16.9 Å². The molecule has 4 rings (SSSR count). The van der Waals surface area contributed by atoms with Crippen molar-refractivity contribution in [2.75, 3.05) is 19.5 Å². The van der Waals surface area contributed by atoms with Gasteiger partial charge in [-0.15, -0.1) is 0 Å². The summed E-state index contributed by atoms with van der Waals surface area (Å²) in [5.74, 6) is 0.973. The molecule has 4 aromatic carbocycles. The number of amides is 1. The van der Waals surface area contributed by atoms with Crippen LogP contribution in [-0.2, 0) is 4.74 Å². The molecular formula is C29H26N2O3. The lowest BCUT2D eigenvalue weighted by Crippen LogP contribution is -2.12. The van der Waals surface area contributed by atoms with Gasteiger partial charge in [0.05, 0.1) is 25.6 Å². The van der Waals surface area contributed by atoms with Gasteiger partial charge in [-0.2, -0.15) is 0 Å². The largest absolute Gasteiger partial charge is 0.495 e. The summed E-state index contributed by atoms with van der Waals surface area (Å²) in [5.41, 5.74) is 5.98. The van der Waals surface area contributed by atoms with Gasteiger partial charge in [-0.1, -0.05) is 48.5 Å². The number of ether oxygens (including phenoxy) is 2. The van der Waals surface area contributed by atoms with Gasteiger partial charge >= 0.3 is 0 Å². The Balaban J connectivity index is 1.59. The second kappa shape index (κ2) is 10.5. The normalized spacial score (nSPS) is 11.1. The number of nitrogens with one attached hydrogen (secondary N) is 1. The van der Waals surface area contributed by atoms with Gasteiger partial charge in [0.2, 0.25) is 5.90 Å². The fourth-order valence-electron chi connectivity index (χ4n) is 3.64. The van der Waals surface area contributed by atoms with Crippen LogP contribution in [0.2, 0.25) is 0 Å². The number of aryl methyl sites for hydroxylation is 1. The van der Waals surface area contributed by atoms with E-state index in [-0.39, 0.29) is 5.91 Å². The number of carbonyl (C=O) groups excluding carboxylic acids is 1. The lowest BCUT2D eigenvalue weighted by molar-refractivity contribution is 0.102. The fourth-order valence-corrected chi connectivity index (χ4v) is 3.64. The van der Waals surface area contributed by atoms with E-state index >= 15 is 0 Å². The van der Waals surface area contributed by atoms with Crippen molar-refractivity contribution in [3.05, 3.63) is 114 Å². The maximum absolute atomic E-state index is 12.5. The summed E-state index contributed by atoms with van der Waals surface area (Å²) in [4.78, 5) is 17.3. The highest BCUT2D eigenvalue weighted by atomic mass is 16.5. The van der Waals surface area contributed by atoms with E-state index in [1.54, 1.807) is 26.4 Å². The van der Waals surface area contributed by atoms with Crippen molar-refractivity contribution in [2.24, 2.45) is 4.99 Å². The summed E-state index contributed by atoms with van der Waals surface area (Å²) in [6.07, 6.45) is 0. The minimum atomic E-state index is -0.183. The van der Waals surface area contributed by atoms with Crippen molar-refractivity contribution in [3.63, 3.8) is 0 Å². The van der Waals surface area contributed by atoms with Gasteiger partial charge in [-0.3, -0.25) is 4.79 Å². The summed E-state index contributed by atoms with van der Waals surface area (Å²) >= 11 is 0. The van der Waals surface area contributed by atoms with Crippen molar-refractivity contribution in [1.82, 2.24) is 0 Å². The van der Waals surface area contributed by atoms with Crippen molar-refractivity contribution < 1.29 is 14.3 Å². The molecule has 1 amide bonds. The molecular weight excluding hydrogens is 424 g/mol. The van der Waals surface area contributed by atoms with Gasteiger partial charge in [-0.05, 0) is 72.1 Å². The van der Waals surface area contributed by atoms with Gasteiger partial charge < -0.3 is 14.8 Å². The molecule has 1 N–H and O–H groups in total. The van der Waals surface area contributed by atoms with E-state index in [0.29, 0.717) is 22.9 Å². The first-order chi connectivity index (χ1) is 16.6. The molecule has 0 spiro atoms. The molecule has 0 saturated carbocycles. The Morgan fingerprint density at radius 2 is 1.38 bits per heavy atom. The molecule has 34 heavy (non-hydrogen) atoms. The average Bonchev–Trinajstić information content (AvgIpc) is 2.89. The Bertz CT molecular complexity index is 1320. The molecule has 0 unspecified atom stereocenters. The number of anilines is 1. The predicted octanol–water partition coefficient (Wildman–Crippen LogP) is 6.65. The molecule has 0 atom stereocenters. The van der Waals surface area contributed by atoms with Gasteiger partial charge in [0, 0.05) is 11.1 Å². The van der Waals surface area contributed by atoms with Crippen LogP contribution in [0.4, 0.5) is 11.4 Å². The summed E-state index contributed by atoms with van der Waals surface area (Å²) in [6.45, 7) is 2.02. The van der Waals surface area contributed by atoms with Gasteiger partial charge in [0.15, 0.2) is 0 Å². The minimum absolute atomic E-state index is 0.183. The Morgan fingerprint density at radius 3 is 2.00 bits per heavy atom. The maximum Gasteiger partial charge on any atom is 0.255 e. The Hall–Kier alpha value is -4.38. The van der Waals surface area contributed by atoms with Gasteiger partial charge in [-0.25, -0.2) is 4.99 Å². The Labute approximate surface area is 199 Å². The first kappa shape index (κ1) is 22.8. The second-order valence-electron chi connectivity index (χ2n) is 7.72. The van der Waals surface area contributed by atoms with E-state index in [2.05, 4.69) is 11.4 Å². The summed E-state index contributed by atoms with van der Waals surface area (Å²) in [6, 6.07) is 30.7. The molecule has 0 aromatic heterocycles. The molecule has 170 valence electrons. The van der Waals surface area contributed by atoms with Gasteiger partial charge in [0.1, 0.15) is 5.75 Å². The third-order valence-corrected chi connectivity index (χ3v) is 5.45. The van der Waals surface area contributed by atoms with Crippen LogP contribution in [-0.4, -0.2) is 26.0 Å². The summed E-state index contributed by atoms with van der Waals surface area (Å²) in [7, 11) is 3.22. The number of hydrogen-bond donors (Lipinski definition) is 1. The van der Waals surface area contributed by atoms with Crippen LogP contribution in [0.25, 0.3) is 11.1 Å². The molecule has 0 aliphatic heterocycles. The van der Waals surface area contributed by atoms with Crippen molar-refractivity contribution >= 4 is 23.2 Å². The number of aliphatic imine (C=N–C) groups is 1. The third kappa shape index (κ3) is 5.15. The zero-order valence-corrected chi connectivity index (χ0v) is 19.4. The Morgan fingerprint density at radius 1 is 0.765 bits per heavy atom. The Kier molecular flexibility index (Phi) is 7.04. The number of methoxy groups -OCH3 is 2. The van der Waals surface area contributed by atoms with Gasteiger partial charge in [0.25, 0.3) is 5.91 Å². The average molecular weight is 451 g/mol. The molecule has 0 saturated heterocycles. The van der Waals surface area contributed by atoms with E-state index in [4.69, 9.17) is 14.5 Å². The van der Waals surface area contributed by atoms with E-state index in [0.717, 1.165) is 27.9 Å². The monoisotopic (exact) mass is 450 g/mol. The first-order valence-electron chi connectivity index (χ1n) is 10.9. The number of nitrogens with zero attached hydrogens (tertiary/aromatic N) is 1. The molecule has 0 fully saturated rings. The molecule has 0 heterocycles. The highest BCUT2D eigenvalue weighted by molar-refractivity contribution is 6.05. The SMILES string of the molecule is COC(=Nc1ccc(-c2ccc(NC(=O)c3ccccc3)c(OC)c2)cc1C)c1ccccc1. The lowest BCUT2D eigenvalue weighted by atomic mass is 10.0. The quantitative estimate of drug-likeness (QED) is 0.264. The number of rotatable bonds is 6. The standard InChI is InChI=1S/C29H26N2O3/c1-20-18-23(14-16-25(20)31-29(34-3)22-12-8-5-9-13-22)24-15-17-26(27(19-24)33-2)30-28(32)21-10-6-4-7-11-21/h4-19H,1-3H3,(H,30,32). The molecule has 5 nitrogen and oxygen atoms in total. The fraction of sp³-hybridized carbons (Fsp3) is 0.103. The zero-order chi connectivity index (χ0) is 23.9. The zero-order valence-electron chi connectivity index (χ0n) is 19.4. The van der Waals surface area contributed by atoms with E-state index in [1.165, 1.54) is 0 Å². The van der Waals surface area contributed by atoms with Crippen LogP contribution in [0.1, 0.15) is 21.5 Å². The van der Waals surface area contributed by atoms with Crippen molar-refractivity contribution in [2.45, 2.75) is 6.92 Å². The molecule has 4 aromatic rings. The third-order valence-electron chi connectivity index (χ3n) is 5.45. The smallest absolute Gasteiger partial charge is 0.255 e. The van der Waals surface area contributed by atoms with Crippen LogP contribution < -0.4 is 10.1 Å². The van der Waals surface area contributed by atoms with Crippen LogP contribution in [0.5, 0.6) is 5.75 Å². The molecule has 0 radical (unpaired) electrons. The number of benzene rings is 4. The minimum Gasteiger partial charge on any atom is -0.495 e. The predicted molar refractivity (Wildman–Crippen MR) is 137 cm³/mol. The van der Waals surface area contributed by atoms with Crippen molar-refractivity contribution in [1.29, 1.82) is 0 Å². The summed E-state index contributed by atoms with van der Waals surface area (Å²) in [5, 5.41) is 2.92. The molecule has 0 aliphatic rings. The van der Waals surface area contributed by atoms with Crippen LogP contribution in [0, 0.1) is 6.92 Å². The maximum atomic E-state index is 12.5. The second-order valence-corrected chi connectivity index (χ2v) is 7.72. The lowest BCUT2D eigenvalue weighted by Gasteiger charge is -2.13. The molecule has 0 aliphatic carbocycles. The number of hydrogen-bond acceptors (Lipinski definition) is 4. The molecule has 5 heteroatoms. The topological polar surface area (TPSA) is 59.9 Å². The first-order valence-corrected chi connectivity index (χ1v) is 10.9. The highest BCUT2D eigenvalue weighted by Gasteiger charge is 2.12. The van der Waals surface area contributed by atoms with E-state index < -0.39 is 0 Å². The highest BCUT2D eigenvalue weighted by Crippen LogP contribution is 2.33. The van der Waals surface area contributed by atoms with Crippen LogP contribution in [0.3, 0.4) is 0 Å². The summed E-state index contributed by atoms with van der Waals surface area (Å²) < 4.78 is 11.1. The van der Waals surface area contributed by atoms with Crippen LogP contribution in [0.15, 0.2) is 102 Å². The van der Waals surface area contributed by atoms with Crippen LogP contribution >= 0.6 is 0 Å². The van der Waals surface area contributed by atoms with E-state index in [1.807, 2.05) is 85.8 Å². The van der Waals surface area contributed by atoms with E-state index in [9.17, 15) is 4.79 Å².